The van der Waals surface area contributed by atoms with E-state index < -0.39 is 0 Å². The van der Waals surface area contributed by atoms with Gasteiger partial charge in [0.05, 0.1) is 0 Å². The molecule has 0 atom stereocenters. The first-order valence-electron chi connectivity index (χ1n) is 5.90. The normalized spacial score (nSPS) is 29.6. The van der Waals surface area contributed by atoms with Crippen LogP contribution < -0.4 is 5.73 Å². The molecule has 2 saturated heterocycles. The van der Waals surface area contributed by atoms with Gasteiger partial charge in [-0.25, -0.2) is 0 Å². The summed E-state index contributed by atoms with van der Waals surface area (Å²) in [6, 6.07) is 0. The van der Waals surface area contributed by atoms with Crippen molar-refractivity contribution in [3.05, 3.63) is 0 Å². The third kappa shape index (κ3) is 1.81. The molecule has 2 fully saturated rings. The standard InChI is InChI=1S/C11H23N3/c1-13-8-4-11(10-12,5-9-13)14-6-2-3-7-14/h2-10,12H2,1H3. The largest absolute Gasteiger partial charge is 0.329 e. The highest BCUT2D eigenvalue weighted by Crippen LogP contribution is 2.30. The van der Waals surface area contributed by atoms with E-state index in [1.54, 1.807) is 0 Å². The van der Waals surface area contributed by atoms with Crippen LogP contribution in [0.5, 0.6) is 0 Å². The summed E-state index contributed by atoms with van der Waals surface area (Å²) in [5.41, 5.74) is 6.35. The van der Waals surface area contributed by atoms with Gasteiger partial charge in [-0.05, 0) is 58.9 Å². The quantitative estimate of drug-likeness (QED) is 0.700. The number of rotatable bonds is 2. The molecule has 0 saturated carbocycles. The van der Waals surface area contributed by atoms with Crippen molar-refractivity contribution in [3.63, 3.8) is 0 Å². The first kappa shape index (κ1) is 10.4. The average Bonchev–Trinajstić information content (AvgIpc) is 2.73. The number of hydrogen-bond acceptors (Lipinski definition) is 3. The lowest BCUT2D eigenvalue weighted by Crippen LogP contribution is -2.58. The minimum Gasteiger partial charge on any atom is -0.329 e. The highest BCUT2D eigenvalue weighted by Gasteiger charge is 2.38. The van der Waals surface area contributed by atoms with Crippen molar-refractivity contribution < 1.29 is 0 Å². The second kappa shape index (κ2) is 4.17. The Labute approximate surface area is 87.2 Å². The molecule has 0 aliphatic carbocycles. The molecule has 0 aromatic carbocycles. The average molecular weight is 197 g/mol. The van der Waals surface area contributed by atoms with Gasteiger partial charge in [-0.2, -0.15) is 0 Å². The van der Waals surface area contributed by atoms with Gasteiger partial charge in [-0.15, -0.1) is 0 Å². The third-order valence-corrected chi connectivity index (χ3v) is 4.07. The molecule has 3 heteroatoms. The molecule has 2 rings (SSSR count). The van der Waals surface area contributed by atoms with E-state index in [0.717, 1.165) is 6.54 Å². The fourth-order valence-electron chi connectivity index (χ4n) is 2.88. The molecule has 2 aliphatic heterocycles. The summed E-state index contributed by atoms with van der Waals surface area (Å²) >= 11 is 0. The molecule has 3 nitrogen and oxygen atoms in total. The van der Waals surface area contributed by atoms with Gasteiger partial charge in [0.15, 0.2) is 0 Å². The first-order valence-corrected chi connectivity index (χ1v) is 5.90. The van der Waals surface area contributed by atoms with E-state index in [2.05, 4.69) is 16.8 Å². The van der Waals surface area contributed by atoms with Crippen LogP contribution in [0.1, 0.15) is 25.7 Å². The van der Waals surface area contributed by atoms with Gasteiger partial charge >= 0.3 is 0 Å². The van der Waals surface area contributed by atoms with Gasteiger partial charge in [0.2, 0.25) is 0 Å². The summed E-state index contributed by atoms with van der Waals surface area (Å²) in [7, 11) is 2.21. The van der Waals surface area contributed by atoms with Crippen LogP contribution in [0, 0.1) is 0 Å². The van der Waals surface area contributed by atoms with Crippen molar-refractivity contribution in [2.75, 3.05) is 39.8 Å². The Morgan fingerprint density at radius 1 is 1.07 bits per heavy atom. The lowest BCUT2D eigenvalue weighted by molar-refractivity contribution is 0.0525. The molecule has 0 radical (unpaired) electrons. The second-order valence-electron chi connectivity index (χ2n) is 4.93. The molecule has 14 heavy (non-hydrogen) atoms. The highest BCUT2D eigenvalue weighted by molar-refractivity contribution is 4.97. The van der Waals surface area contributed by atoms with Crippen LogP contribution in [0.3, 0.4) is 0 Å². The molecule has 0 aromatic rings. The Morgan fingerprint density at radius 2 is 1.64 bits per heavy atom. The van der Waals surface area contributed by atoms with Gasteiger partial charge in [0, 0.05) is 12.1 Å². The Hall–Kier alpha value is -0.120. The van der Waals surface area contributed by atoms with E-state index >= 15 is 0 Å². The van der Waals surface area contributed by atoms with Crippen LogP contribution in [-0.4, -0.2) is 55.1 Å². The molecule has 0 bridgehead atoms. The minimum atomic E-state index is 0.350. The van der Waals surface area contributed by atoms with Crippen LogP contribution >= 0.6 is 0 Å². The van der Waals surface area contributed by atoms with Gasteiger partial charge in [0.25, 0.3) is 0 Å². The zero-order valence-corrected chi connectivity index (χ0v) is 9.34. The molecule has 0 unspecified atom stereocenters. The molecular weight excluding hydrogens is 174 g/mol. The molecule has 2 N–H and O–H groups in total. The Balaban J connectivity index is 2.01. The SMILES string of the molecule is CN1CCC(CN)(N2CCCC2)CC1. The first-order chi connectivity index (χ1) is 6.77. The van der Waals surface area contributed by atoms with Crippen molar-refractivity contribution in [2.24, 2.45) is 5.73 Å². The Bertz CT molecular complexity index is 179. The zero-order valence-electron chi connectivity index (χ0n) is 9.34. The van der Waals surface area contributed by atoms with Crippen LogP contribution in [0.25, 0.3) is 0 Å². The summed E-state index contributed by atoms with van der Waals surface area (Å²) in [4.78, 5) is 5.07. The highest BCUT2D eigenvalue weighted by atomic mass is 15.2. The summed E-state index contributed by atoms with van der Waals surface area (Å²) in [6.07, 6.45) is 5.27. The number of likely N-dealkylation sites (tertiary alicyclic amines) is 2. The second-order valence-corrected chi connectivity index (χ2v) is 4.93. The fraction of sp³-hybridized carbons (Fsp3) is 1.00. The molecule has 82 valence electrons. The molecular formula is C11H23N3. The van der Waals surface area contributed by atoms with E-state index in [-0.39, 0.29) is 0 Å². The predicted octanol–water partition coefficient (Wildman–Crippen LogP) is 0.505. The van der Waals surface area contributed by atoms with Crippen molar-refractivity contribution in [3.8, 4) is 0 Å². The summed E-state index contributed by atoms with van der Waals surface area (Å²) in [5.74, 6) is 0. The maximum absolute atomic E-state index is 6.00. The summed E-state index contributed by atoms with van der Waals surface area (Å²) in [5, 5.41) is 0. The maximum atomic E-state index is 6.00. The lowest BCUT2D eigenvalue weighted by Gasteiger charge is -2.46. The van der Waals surface area contributed by atoms with E-state index in [1.165, 1.54) is 51.9 Å². The molecule has 2 aliphatic rings. The van der Waals surface area contributed by atoms with Gasteiger partial charge < -0.3 is 10.6 Å². The van der Waals surface area contributed by atoms with Crippen molar-refractivity contribution in [1.82, 2.24) is 9.80 Å². The number of nitrogens with two attached hydrogens (primary N) is 1. The van der Waals surface area contributed by atoms with Gasteiger partial charge in [-0.1, -0.05) is 0 Å². The zero-order chi connectivity index (χ0) is 10.0. The summed E-state index contributed by atoms with van der Waals surface area (Å²) < 4.78 is 0. The predicted molar refractivity (Wildman–Crippen MR) is 59.3 cm³/mol. The molecule has 0 amide bonds. The van der Waals surface area contributed by atoms with E-state index in [0.29, 0.717) is 5.54 Å². The molecule has 0 spiro atoms. The lowest BCUT2D eigenvalue weighted by atomic mass is 9.86. The number of hydrogen-bond donors (Lipinski definition) is 1. The third-order valence-electron chi connectivity index (χ3n) is 4.07. The summed E-state index contributed by atoms with van der Waals surface area (Å²) in [6.45, 7) is 5.84. The monoisotopic (exact) mass is 197 g/mol. The van der Waals surface area contributed by atoms with Crippen molar-refractivity contribution in [2.45, 2.75) is 31.2 Å². The van der Waals surface area contributed by atoms with Crippen LogP contribution in [0.2, 0.25) is 0 Å². The smallest absolute Gasteiger partial charge is 0.0356 e. The van der Waals surface area contributed by atoms with E-state index in [4.69, 9.17) is 5.73 Å². The fourth-order valence-corrected chi connectivity index (χ4v) is 2.88. The van der Waals surface area contributed by atoms with Gasteiger partial charge in [0.1, 0.15) is 0 Å². The van der Waals surface area contributed by atoms with Crippen LogP contribution in [-0.2, 0) is 0 Å². The Morgan fingerprint density at radius 3 is 2.14 bits per heavy atom. The van der Waals surface area contributed by atoms with E-state index in [1.807, 2.05) is 0 Å². The van der Waals surface area contributed by atoms with Crippen LogP contribution in [0.15, 0.2) is 0 Å². The Kier molecular flexibility index (Phi) is 3.10. The molecule has 0 aromatic heterocycles. The minimum absolute atomic E-state index is 0.350. The maximum Gasteiger partial charge on any atom is 0.0356 e. The topological polar surface area (TPSA) is 32.5 Å². The van der Waals surface area contributed by atoms with Crippen molar-refractivity contribution >= 4 is 0 Å². The molecule has 2 heterocycles. The van der Waals surface area contributed by atoms with E-state index in [9.17, 15) is 0 Å². The van der Waals surface area contributed by atoms with Crippen LogP contribution in [0.4, 0.5) is 0 Å². The van der Waals surface area contributed by atoms with Gasteiger partial charge in [-0.3, -0.25) is 4.90 Å². The van der Waals surface area contributed by atoms with Crippen molar-refractivity contribution in [1.29, 1.82) is 0 Å². The number of piperidine rings is 1. The number of nitrogens with zero attached hydrogens (tertiary/aromatic N) is 2.